The predicted molar refractivity (Wildman–Crippen MR) is 152 cm³/mol. The Morgan fingerprint density at radius 1 is 0.429 bits per heavy atom. The zero-order valence-electron chi connectivity index (χ0n) is 19.0. The fraction of sp³-hybridized carbons (Fsp3) is 0. The summed E-state index contributed by atoms with van der Waals surface area (Å²) in [5.74, 6) is 0. The van der Waals surface area contributed by atoms with E-state index in [9.17, 15) is 0 Å². The number of nitrogens with zero attached hydrogens (tertiary/aromatic N) is 1. The van der Waals surface area contributed by atoms with Crippen LogP contribution in [-0.4, -0.2) is 0 Å². The standard InChI is InChI=1S/C28H26N6S/c29-19-5-1-17(2-6-19)25-26(18-3-7-20(30)8-4-18)28(35-27(25)33)34(23-13-9-21(31)10-14-23)24-15-11-22(32)12-16-24/h1-16H,29-33H2. The van der Waals surface area contributed by atoms with Gasteiger partial charge in [-0.15, -0.1) is 0 Å². The summed E-state index contributed by atoms with van der Waals surface area (Å²) in [6.07, 6.45) is 0. The highest BCUT2D eigenvalue weighted by Crippen LogP contribution is 2.53. The number of thiophene rings is 1. The predicted octanol–water partition coefficient (Wildman–Crippen LogP) is 6.46. The van der Waals surface area contributed by atoms with E-state index >= 15 is 0 Å². The molecule has 0 amide bonds. The third kappa shape index (κ3) is 4.32. The molecule has 0 bridgehead atoms. The first-order valence-electron chi connectivity index (χ1n) is 11.1. The van der Waals surface area contributed by atoms with Gasteiger partial charge in [-0.25, -0.2) is 0 Å². The third-order valence-corrected chi connectivity index (χ3v) is 6.83. The van der Waals surface area contributed by atoms with Crippen molar-refractivity contribution in [1.82, 2.24) is 0 Å². The van der Waals surface area contributed by atoms with Crippen LogP contribution in [0.15, 0.2) is 97.1 Å². The van der Waals surface area contributed by atoms with Crippen molar-refractivity contribution >= 4 is 55.5 Å². The zero-order valence-corrected chi connectivity index (χ0v) is 19.8. The molecule has 1 aromatic heterocycles. The summed E-state index contributed by atoms with van der Waals surface area (Å²) in [6, 6.07) is 31.1. The molecule has 0 fully saturated rings. The van der Waals surface area contributed by atoms with Gasteiger partial charge in [-0.3, -0.25) is 0 Å². The fourth-order valence-corrected chi connectivity index (χ4v) is 5.23. The van der Waals surface area contributed by atoms with Crippen LogP contribution >= 0.6 is 11.3 Å². The summed E-state index contributed by atoms with van der Waals surface area (Å²) < 4.78 is 0. The second-order valence-electron chi connectivity index (χ2n) is 8.28. The smallest absolute Gasteiger partial charge is 0.111 e. The van der Waals surface area contributed by atoms with Crippen molar-refractivity contribution in [3.63, 3.8) is 0 Å². The normalized spacial score (nSPS) is 10.9. The van der Waals surface area contributed by atoms with Gasteiger partial charge in [0.2, 0.25) is 0 Å². The van der Waals surface area contributed by atoms with Crippen LogP contribution in [0, 0.1) is 0 Å². The average molecular weight is 479 g/mol. The summed E-state index contributed by atoms with van der Waals surface area (Å²) >= 11 is 1.52. The van der Waals surface area contributed by atoms with Gasteiger partial charge in [0.1, 0.15) is 5.00 Å². The summed E-state index contributed by atoms with van der Waals surface area (Å²) in [5, 5.41) is 1.67. The van der Waals surface area contributed by atoms with Crippen molar-refractivity contribution < 1.29 is 0 Å². The summed E-state index contributed by atoms with van der Waals surface area (Å²) in [7, 11) is 0. The molecule has 0 aliphatic heterocycles. The van der Waals surface area contributed by atoms with Gasteiger partial charge < -0.3 is 33.6 Å². The Hall–Kier alpha value is -4.62. The number of nitrogens with two attached hydrogens (primary N) is 5. The van der Waals surface area contributed by atoms with E-state index in [1.54, 1.807) is 0 Å². The van der Waals surface area contributed by atoms with E-state index in [1.807, 2.05) is 97.1 Å². The lowest BCUT2D eigenvalue weighted by Gasteiger charge is -2.26. The van der Waals surface area contributed by atoms with Crippen molar-refractivity contribution in [1.29, 1.82) is 0 Å². The van der Waals surface area contributed by atoms with Gasteiger partial charge in [-0.1, -0.05) is 35.6 Å². The lowest BCUT2D eigenvalue weighted by Crippen LogP contribution is -2.10. The molecule has 6 nitrogen and oxygen atoms in total. The van der Waals surface area contributed by atoms with Crippen LogP contribution in [0.5, 0.6) is 0 Å². The minimum atomic E-state index is 0.693. The maximum absolute atomic E-state index is 6.72. The molecular weight excluding hydrogens is 452 g/mol. The van der Waals surface area contributed by atoms with Crippen LogP contribution in [0.1, 0.15) is 0 Å². The molecule has 0 unspecified atom stereocenters. The average Bonchev–Trinajstić information content (AvgIpc) is 3.19. The lowest BCUT2D eigenvalue weighted by atomic mass is 9.96. The van der Waals surface area contributed by atoms with Gasteiger partial charge in [-0.2, -0.15) is 0 Å². The van der Waals surface area contributed by atoms with Crippen molar-refractivity contribution in [3.05, 3.63) is 97.1 Å². The highest BCUT2D eigenvalue weighted by molar-refractivity contribution is 7.21. The number of nitrogen functional groups attached to an aromatic ring is 5. The van der Waals surface area contributed by atoms with E-state index in [0.29, 0.717) is 27.8 Å². The van der Waals surface area contributed by atoms with E-state index in [4.69, 9.17) is 28.7 Å². The van der Waals surface area contributed by atoms with Gasteiger partial charge in [0, 0.05) is 45.3 Å². The molecule has 0 aliphatic carbocycles. The first kappa shape index (κ1) is 22.2. The van der Waals surface area contributed by atoms with Crippen LogP contribution in [0.4, 0.5) is 44.1 Å². The molecule has 35 heavy (non-hydrogen) atoms. The molecule has 10 N–H and O–H groups in total. The summed E-state index contributed by atoms with van der Waals surface area (Å²) in [6.45, 7) is 0. The van der Waals surface area contributed by atoms with Crippen LogP contribution in [0.25, 0.3) is 22.3 Å². The molecule has 1 heterocycles. The second kappa shape index (κ2) is 8.96. The highest BCUT2D eigenvalue weighted by atomic mass is 32.1. The van der Waals surface area contributed by atoms with Gasteiger partial charge in [0.25, 0.3) is 0 Å². The molecule has 5 rings (SSSR count). The molecule has 5 aromatic rings. The van der Waals surface area contributed by atoms with Crippen molar-refractivity contribution in [2.75, 3.05) is 33.6 Å². The maximum atomic E-state index is 6.72. The van der Waals surface area contributed by atoms with Crippen molar-refractivity contribution in [3.8, 4) is 22.3 Å². The van der Waals surface area contributed by atoms with E-state index in [1.165, 1.54) is 11.3 Å². The molecular formula is C28H26N6S. The minimum absolute atomic E-state index is 0.693. The largest absolute Gasteiger partial charge is 0.399 e. The molecule has 7 heteroatoms. The molecule has 0 spiro atoms. The number of anilines is 8. The lowest BCUT2D eigenvalue weighted by molar-refractivity contribution is 1.32. The third-order valence-electron chi connectivity index (χ3n) is 5.82. The van der Waals surface area contributed by atoms with E-state index in [-0.39, 0.29) is 0 Å². The Labute approximate surface area is 208 Å². The second-order valence-corrected chi connectivity index (χ2v) is 9.31. The minimum Gasteiger partial charge on any atom is -0.399 e. The zero-order chi connectivity index (χ0) is 24.5. The van der Waals surface area contributed by atoms with Gasteiger partial charge >= 0.3 is 0 Å². The van der Waals surface area contributed by atoms with Crippen LogP contribution in [0.3, 0.4) is 0 Å². The van der Waals surface area contributed by atoms with Crippen LogP contribution in [-0.2, 0) is 0 Å². The van der Waals surface area contributed by atoms with Gasteiger partial charge in [0.15, 0.2) is 0 Å². The van der Waals surface area contributed by atoms with E-state index in [0.717, 1.165) is 38.6 Å². The quantitative estimate of drug-likeness (QED) is 0.184. The Bertz CT molecular complexity index is 1410. The SMILES string of the molecule is Nc1ccc(-c2c(N)sc(N(c3ccc(N)cc3)c3ccc(N)cc3)c2-c2ccc(N)cc2)cc1. The molecule has 174 valence electrons. The monoisotopic (exact) mass is 478 g/mol. The Balaban J connectivity index is 1.81. The first-order chi connectivity index (χ1) is 16.9. The number of rotatable bonds is 5. The highest BCUT2D eigenvalue weighted by Gasteiger charge is 2.25. The van der Waals surface area contributed by atoms with Gasteiger partial charge in [-0.05, 0) is 83.9 Å². The van der Waals surface area contributed by atoms with E-state index < -0.39 is 0 Å². The number of benzene rings is 4. The molecule has 0 atom stereocenters. The van der Waals surface area contributed by atoms with Crippen molar-refractivity contribution in [2.24, 2.45) is 0 Å². The van der Waals surface area contributed by atoms with E-state index in [2.05, 4.69) is 4.90 Å². The first-order valence-corrected chi connectivity index (χ1v) is 11.9. The molecule has 0 saturated heterocycles. The van der Waals surface area contributed by atoms with Crippen LogP contribution in [0.2, 0.25) is 0 Å². The van der Waals surface area contributed by atoms with Gasteiger partial charge in [0.05, 0.1) is 5.00 Å². The summed E-state index contributed by atoms with van der Waals surface area (Å²) in [4.78, 5) is 2.17. The fourth-order valence-electron chi connectivity index (χ4n) is 4.08. The Morgan fingerprint density at radius 2 is 0.771 bits per heavy atom. The number of hydrogen-bond donors (Lipinski definition) is 5. The Kier molecular flexibility index (Phi) is 5.68. The van der Waals surface area contributed by atoms with Crippen molar-refractivity contribution in [2.45, 2.75) is 0 Å². The molecule has 0 aliphatic rings. The Morgan fingerprint density at radius 3 is 1.17 bits per heavy atom. The maximum Gasteiger partial charge on any atom is 0.111 e. The number of hydrogen-bond acceptors (Lipinski definition) is 7. The van der Waals surface area contributed by atoms with Crippen LogP contribution < -0.4 is 33.6 Å². The molecule has 0 radical (unpaired) electrons. The topological polar surface area (TPSA) is 133 Å². The molecule has 0 saturated carbocycles. The molecule has 4 aromatic carbocycles. The summed E-state index contributed by atoms with van der Waals surface area (Å²) in [5.41, 5.74) is 39.3.